The molecule has 2 saturated heterocycles. The molecule has 0 unspecified atom stereocenters. The van der Waals surface area contributed by atoms with Crippen LogP contribution >= 0.6 is 0 Å². The van der Waals surface area contributed by atoms with Crippen LogP contribution < -0.4 is 10.4 Å². The van der Waals surface area contributed by atoms with Crippen molar-refractivity contribution in [2.75, 3.05) is 18.0 Å². The van der Waals surface area contributed by atoms with E-state index in [0.29, 0.717) is 12.4 Å². The number of pyridine rings is 1. The molecule has 1 aromatic heterocycles. The van der Waals surface area contributed by atoms with Gasteiger partial charge < -0.3 is 14.2 Å². The van der Waals surface area contributed by atoms with Gasteiger partial charge in [-0.2, -0.15) is 0 Å². The van der Waals surface area contributed by atoms with Crippen molar-refractivity contribution in [1.82, 2.24) is 4.98 Å². The van der Waals surface area contributed by atoms with Crippen LogP contribution in [0.25, 0.3) is 0 Å². The Hall–Kier alpha value is -1.21. The number of hydrogen-bond acceptors (Lipinski definition) is 4. The van der Waals surface area contributed by atoms with Gasteiger partial charge in [0, 0.05) is 19.2 Å². The van der Waals surface area contributed by atoms with Gasteiger partial charge in [0.05, 0.1) is 17.7 Å². The maximum absolute atomic E-state index is 13.4. The minimum absolute atomic E-state index is 0.130. The standard InChI is InChI=1S/C15H21BF2N2O2/c1-13(2)14(3,4)22-16(21-13)11-5-7-19-12(9-11)20-8-6-15(17,18)10-20/h5,7,9H,6,8,10H2,1-4H3. The second-order valence-electron chi connectivity index (χ2n) is 7.06. The van der Waals surface area contributed by atoms with E-state index in [4.69, 9.17) is 9.31 Å². The van der Waals surface area contributed by atoms with E-state index in [0.717, 1.165) is 5.46 Å². The van der Waals surface area contributed by atoms with Gasteiger partial charge in [0.15, 0.2) is 0 Å². The van der Waals surface area contributed by atoms with Gasteiger partial charge in [-0.3, -0.25) is 0 Å². The predicted octanol–water partition coefficient (Wildman–Crippen LogP) is 2.23. The first-order valence-corrected chi connectivity index (χ1v) is 7.54. The summed E-state index contributed by atoms with van der Waals surface area (Å²) in [6.07, 6.45) is 1.49. The fraction of sp³-hybridized carbons (Fsp3) is 0.667. The van der Waals surface area contributed by atoms with E-state index in [-0.39, 0.29) is 13.0 Å². The van der Waals surface area contributed by atoms with Crippen molar-refractivity contribution in [2.45, 2.75) is 51.2 Å². The second-order valence-corrected chi connectivity index (χ2v) is 7.06. The molecule has 0 spiro atoms. The van der Waals surface area contributed by atoms with Crippen LogP contribution in [0.2, 0.25) is 0 Å². The highest BCUT2D eigenvalue weighted by Gasteiger charge is 2.51. The normalized spacial score (nSPS) is 25.7. The van der Waals surface area contributed by atoms with E-state index in [1.807, 2.05) is 27.7 Å². The van der Waals surface area contributed by atoms with E-state index >= 15 is 0 Å². The maximum atomic E-state index is 13.4. The lowest BCUT2D eigenvalue weighted by atomic mass is 9.79. The molecular formula is C15H21BF2N2O2. The zero-order valence-electron chi connectivity index (χ0n) is 13.4. The fourth-order valence-electron chi connectivity index (χ4n) is 2.66. The summed E-state index contributed by atoms with van der Waals surface area (Å²) in [6, 6.07) is 3.59. The molecular weight excluding hydrogens is 289 g/mol. The average molecular weight is 310 g/mol. The Morgan fingerprint density at radius 3 is 2.36 bits per heavy atom. The van der Waals surface area contributed by atoms with Crippen LogP contribution in [0.1, 0.15) is 34.1 Å². The molecule has 1 aromatic rings. The van der Waals surface area contributed by atoms with Gasteiger partial charge >= 0.3 is 7.12 Å². The van der Waals surface area contributed by atoms with Crippen molar-refractivity contribution in [3.63, 3.8) is 0 Å². The molecule has 22 heavy (non-hydrogen) atoms. The molecule has 2 aliphatic heterocycles. The van der Waals surface area contributed by atoms with Crippen LogP contribution in [0.4, 0.5) is 14.6 Å². The number of halogens is 2. The van der Waals surface area contributed by atoms with Crippen LogP contribution in [-0.2, 0) is 9.31 Å². The fourth-order valence-corrected chi connectivity index (χ4v) is 2.66. The molecule has 0 radical (unpaired) electrons. The molecule has 120 valence electrons. The zero-order valence-corrected chi connectivity index (χ0v) is 13.4. The molecule has 4 nitrogen and oxygen atoms in total. The average Bonchev–Trinajstić information content (AvgIpc) is 2.87. The van der Waals surface area contributed by atoms with Gasteiger partial charge in [0.25, 0.3) is 5.92 Å². The molecule has 0 N–H and O–H groups in total. The topological polar surface area (TPSA) is 34.6 Å². The first kappa shape index (κ1) is 15.7. The SMILES string of the molecule is CC1(C)OB(c2ccnc(N3CCC(F)(F)C3)c2)OC1(C)C. The van der Waals surface area contributed by atoms with E-state index in [2.05, 4.69) is 4.98 Å². The molecule has 0 aromatic carbocycles. The van der Waals surface area contributed by atoms with Crippen molar-refractivity contribution in [3.05, 3.63) is 18.3 Å². The second kappa shape index (κ2) is 4.90. The van der Waals surface area contributed by atoms with Crippen molar-refractivity contribution in [3.8, 4) is 0 Å². The lowest BCUT2D eigenvalue weighted by Gasteiger charge is -2.32. The monoisotopic (exact) mass is 310 g/mol. The third-order valence-electron chi connectivity index (χ3n) is 4.79. The first-order chi connectivity index (χ1) is 10.1. The van der Waals surface area contributed by atoms with Crippen molar-refractivity contribution in [2.24, 2.45) is 0 Å². The predicted molar refractivity (Wildman–Crippen MR) is 81.7 cm³/mol. The van der Waals surface area contributed by atoms with E-state index < -0.39 is 24.2 Å². The Kier molecular flexibility index (Phi) is 3.49. The van der Waals surface area contributed by atoms with Gasteiger partial charge in [-0.1, -0.05) is 0 Å². The van der Waals surface area contributed by atoms with Gasteiger partial charge in [-0.25, -0.2) is 13.8 Å². The largest absolute Gasteiger partial charge is 0.495 e. The Morgan fingerprint density at radius 2 is 1.82 bits per heavy atom. The lowest BCUT2D eigenvalue weighted by Crippen LogP contribution is -2.41. The van der Waals surface area contributed by atoms with Gasteiger partial charge in [-0.15, -0.1) is 0 Å². The highest BCUT2D eigenvalue weighted by Crippen LogP contribution is 2.36. The molecule has 0 bridgehead atoms. The molecule has 3 heterocycles. The number of anilines is 1. The highest BCUT2D eigenvalue weighted by molar-refractivity contribution is 6.62. The Morgan fingerprint density at radius 1 is 1.18 bits per heavy atom. The maximum Gasteiger partial charge on any atom is 0.495 e. The Balaban J connectivity index is 1.81. The van der Waals surface area contributed by atoms with Gasteiger partial charge in [-0.05, 0) is 45.3 Å². The third-order valence-corrected chi connectivity index (χ3v) is 4.79. The molecule has 0 atom stereocenters. The molecule has 2 aliphatic rings. The number of alkyl halides is 2. The summed E-state index contributed by atoms with van der Waals surface area (Å²) in [5.74, 6) is -2.09. The van der Waals surface area contributed by atoms with E-state index in [1.54, 1.807) is 23.2 Å². The summed E-state index contributed by atoms with van der Waals surface area (Å²) >= 11 is 0. The number of nitrogens with zero attached hydrogens (tertiary/aromatic N) is 2. The molecule has 7 heteroatoms. The van der Waals surface area contributed by atoms with Crippen LogP contribution in [0.3, 0.4) is 0 Å². The van der Waals surface area contributed by atoms with E-state index in [1.165, 1.54) is 0 Å². The van der Waals surface area contributed by atoms with E-state index in [9.17, 15) is 8.78 Å². The smallest absolute Gasteiger partial charge is 0.399 e. The summed E-state index contributed by atoms with van der Waals surface area (Å²) in [7, 11) is -0.505. The summed E-state index contributed by atoms with van der Waals surface area (Å²) in [4.78, 5) is 5.82. The summed E-state index contributed by atoms with van der Waals surface area (Å²) in [5.41, 5.74) is -0.0531. The highest BCUT2D eigenvalue weighted by atomic mass is 19.3. The minimum Gasteiger partial charge on any atom is -0.399 e. The Bertz CT molecular complexity index is 564. The summed E-state index contributed by atoms with van der Waals surface area (Å²) in [5, 5.41) is 0. The lowest BCUT2D eigenvalue weighted by molar-refractivity contribution is 0.00578. The third kappa shape index (κ3) is 2.72. The van der Waals surface area contributed by atoms with Crippen LogP contribution in [-0.4, -0.2) is 42.3 Å². The quantitative estimate of drug-likeness (QED) is 0.785. The molecule has 0 amide bonds. The zero-order chi connectivity index (χ0) is 16.2. The molecule has 0 saturated carbocycles. The van der Waals surface area contributed by atoms with Gasteiger partial charge in [0.2, 0.25) is 0 Å². The molecule has 2 fully saturated rings. The Labute approximate surface area is 129 Å². The van der Waals surface area contributed by atoms with Crippen LogP contribution in [0, 0.1) is 0 Å². The van der Waals surface area contributed by atoms with Crippen molar-refractivity contribution in [1.29, 1.82) is 0 Å². The van der Waals surface area contributed by atoms with Crippen LogP contribution in [0.5, 0.6) is 0 Å². The summed E-state index contributed by atoms with van der Waals surface area (Å²) in [6.45, 7) is 7.96. The minimum atomic E-state index is -2.64. The van der Waals surface area contributed by atoms with Crippen molar-refractivity contribution >= 4 is 18.4 Å². The number of hydrogen-bond donors (Lipinski definition) is 0. The number of aromatic nitrogens is 1. The van der Waals surface area contributed by atoms with Crippen LogP contribution in [0.15, 0.2) is 18.3 Å². The summed E-state index contributed by atoms with van der Waals surface area (Å²) < 4.78 is 38.7. The molecule has 3 rings (SSSR count). The van der Waals surface area contributed by atoms with Crippen molar-refractivity contribution < 1.29 is 18.1 Å². The number of rotatable bonds is 2. The first-order valence-electron chi connectivity index (χ1n) is 7.54. The van der Waals surface area contributed by atoms with Gasteiger partial charge in [0.1, 0.15) is 5.82 Å². The molecule has 0 aliphatic carbocycles.